The molecule has 0 saturated heterocycles. The molecule has 0 aromatic carbocycles. The number of hydrogen-bond donors (Lipinski definition) is 2. The van der Waals surface area contributed by atoms with Crippen molar-refractivity contribution in [3.63, 3.8) is 0 Å². The van der Waals surface area contributed by atoms with E-state index >= 15 is 0 Å². The second-order valence-electron chi connectivity index (χ2n) is 0.437. The highest BCUT2D eigenvalue weighted by atomic mass is 35.5. The summed E-state index contributed by atoms with van der Waals surface area (Å²) in [5.41, 5.74) is 1.22. The van der Waals surface area contributed by atoms with Crippen LogP contribution in [-0.4, -0.2) is 9.79 Å². The molecule has 5 heteroatoms. The zero-order valence-corrected chi connectivity index (χ0v) is 5.22. The molecule has 0 radical (unpaired) electrons. The lowest BCUT2D eigenvalue weighted by atomic mass is 11.3. The fraction of sp³-hybridized carbons (Fsp3) is 0. The highest BCUT2D eigenvalue weighted by Gasteiger charge is 1.61. The maximum atomic E-state index is 8.74. The molecule has 7 heavy (non-hydrogen) atoms. The SMILES string of the molecule is C=CCl.O=[PH](O)O. The van der Waals surface area contributed by atoms with Crippen LogP contribution in [0.2, 0.25) is 0 Å². The third-order valence-corrected chi connectivity index (χ3v) is 0. The molecular weight excluding hydrogens is 138 g/mol. The topological polar surface area (TPSA) is 57.5 Å². The third kappa shape index (κ3) is 3330. The van der Waals surface area contributed by atoms with Gasteiger partial charge in [0.2, 0.25) is 0 Å². The molecule has 0 fully saturated rings. The van der Waals surface area contributed by atoms with Crippen LogP contribution in [0.25, 0.3) is 0 Å². The zero-order valence-electron chi connectivity index (χ0n) is 3.47. The molecule has 0 spiro atoms. The van der Waals surface area contributed by atoms with Gasteiger partial charge in [0.1, 0.15) is 0 Å². The minimum Gasteiger partial charge on any atom is -0.326 e. The summed E-state index contributed by atoms with van der Waals surface area (Å²) in [5, 5.41) is 0. The average Bonchev–Trinajstić information content (AvgIpc) is 1.33. The van der Waals surface area contributed by atoms with E-state index in [1.54, 1.807) is 0 Å². The smallest absolute Gasteiger partial charge is 0.314 e. The van der Waals surface area contributed by atoms with Gasteiger partial charge < -0.3 is 9.79 Å². The first kappa shape index (κ1) is 10.2. The van der Waals surface area contributed by atoms with E-state index < -0.39 is 8.25 Å². The first-order valence-corrected chi connectivity index (χ1v) is 3.02. The Bertz CT molecular complexity index is 60.0. The quantitative estimate of drug-likeness (QED) is 0.493. The van der Waals surface area contributed by atoms with Crippen molar-refractivity contribution in [1.29, 1.82) is 0 Å². The largest absolute Gasteiger partial charge is 0.326 e. The molecular formula is C2H6ClO3P. The zero-order chi connectivity index (χ0) is 6.28. The van der Waals surface area contributed by atoms with Crippen molar-refractivity contribution in [2.75, 3.05) is 0 Å². The summed E-state index contributed by atoms with van der Waals surface area (Å²) in [5.74, 6) is 0. The van der Waals surface area contributed by atoms with E-state index in [2.05, 4.69) is 6.58 Å². The number of halogens is 1. The van der Waals surface area contributed by atoms with Crippen LogP contribution in [0.3, 0.4) is 0 Å². The summed E-state index contributed by atoms with van der Waals surface area (Å²) in [6.07, 6.45) is 0. The Balaban J connectivity index is 0. The van der Waals surface area contributed by atoms with Gasteiger partial charge >= 0.3 is 8.25 Å². The number of rotatable bonds is 0. The number of hydrogen-bond acceptors (Lipinski definition) is 1. The standard InChI is InChI=1S/C2H3Cl.H3O3P/c1-2-3;1-4(2)3/h2H,1H2;4H,(H2,1,2,3). The predicted octanol–water partition coefficient (Wildman–Crippen LogP) is 0.729. The van der Waals surface area contributed by atoms with E-state index in [0.29, 0.717) is 0 Å². The Kier molecular flexibility index (Phi) is 13.9. The molecule has 0 bridgehead atoms. The van der Waals surface area contributed by atoms with E-state index in [9.17, 15) is 0 Å². The summed E-state index contributed by atoms with van der Waals surface area (Å²) >= 11 is 4.76. The summed E-state index contributed by atoms with van der Waals surface area (Å²) in [6.45, 7) is 3.13. The minimum absolute atomic E-state index is 1.22. The Morgan fingerprint density at radius 1 is 1.71 bits per heavy atom. The van der Waals surface area contributed by atoms with E-state index in [-0.39, 0.29) is 0 Å². The van der Waals surface area contributed by atoms with Gasteiger partial charge in [0.05, 0.1) is 0 Å². The highest BCUT2D eigenvalue weighted by Crippen LogP contribution is 1.98. The monoisotopic (exact) mass is 144 g/mol. The molecule has 44 valence electrons. The maximum absolute atomic E-state index is 8.74. The van der Waals surface area contributed by atoms with Crippen molar-refractivity contribution < 1.29 is 14.4 Å². The van der Waals surface area contributed by atoms with E-state index in [0.717, 1.165) is 0 Å². The van der Waals surface area contributed by atoms with Crippen LogP contribution in [-0.2, 0) is 4.57 Å². The second kappa shape index (κ2) is 9.49. The van der Waals surface area contributed by atoms with Gasteiger partial charge in [-0.1, -0.05) is 18.2 Å². The maximum Gasteiger partial charge on any atom is 0.314 e. The van der Waals surface area contributed by atoms with Crippen molar-refractivity contribution in [3.8, 4) is 0 Å². The minimum atomic E-state index is -3.13. The van der Waals surface area contributed by atoms with Crippen LogP contribution < -0.4 is 0 Å². The van der Waals surface area contributed by atoms with E-state index in [1.165, 1.54) is 5.54 Å². The second-order valence-corrected chi connectivity index (χ2v) is 1.31. The molecule has 0 amide bonds. The Morgan fingerprint density at radius 2 is 1.71 bits per heavy atom. The van der Waals surface area contributed by atoms with Crippen LogP contribution >= 0.6 is 19.9 Å². The molecule has 3 nitrogen and oxygen atoms in total. The molecule has 0 heterocycles. The van der Waals surface area contributed by atoms with Crippen molar-refractivity contribution in [2.24, 2.45) is 0 Å². The fourth-order valence-electron chi connectivity index (χ4n) is 0. The molecule has 0 aliphatic rings. The first-order valence-electron chi connectivity index (χ1n) is 1.28. The van der Waals surface area contributed by atoms with Gasteiger partial charge in [0, 0.05) is 0 Å². The van der Waals surface area contributed by atoms with Gasteiger partial charge in [-0.2, -0.15) is 0 Å². The molecule has 0 unspecified atom stereocenters. The van der Waals surface area contributed by atoms with Gasteiger partial charge in [-0.15, -0.1) is 0 Å². The normalized spacial score (nSPS) is 6.86. The fourth-order valence-corrected chi connectivity index (χ4v) is 0. The summed E-state index contributed by atoms with van der Waals surface area (Å²) in [4.78, 5) is 14.3. The van der Waals surface area contributed by atoms with Gasteiger partial charge in [0.25, 0.3) is 0 Å². The van der Waals surface area contributed by atoms with Gasteiger partial charge in [-0.05, 0) is 5.54 Å². The van der Waals surface area contributed by atoms with Crippen LogP contribution in [0.1, 0.15) is 0 Å². The lowest BCUT2D eigenvalue weighted by Crippen LogP contribution is -1.38. The van der Waals surface area contributed by atoms with Gasteiger partial charge in [-0.3, -0.25) is 4.57 Å². The molecule has 0 rings (SSSR count). The van der Waals surface area contributed by atoms with Gasteiger partial charge in [0.15, 0.2) is 0 Å². The lowest BCUT2D eigenvalue weighted by molar-refractivity contribution is 0.405. The van der Waals surface area contributed by atoms with E-state index in [1.807, 2.05) is 0 Å². The van der Waals surface area contributed by atoms with Crippen LogP contribution in [0.5, 0.6) is 0 Å². The summed E-state index contributed by atoms with van der Waals surface area (Å²) in [7, 11) is -3.13. The highest BCUT2D eigenvalue weighted by molar-refractivity contribution is 7.30. The summed E-state index contributed by atoms with van der Waals surface area (Å²) in [6, 6.07) is 0. The average molecular weight is 144 g/mol. The molecule has 0 aliphatic heterocycles. The Morgan fingerprint density at radius 3 is 1.71 bits per heavy atom. The van der Waals surface area contributed by atoms with Gasteiger partial charge in [-0.25, -0.2) is 0 Å². The molecule has 0 aromatic rings. The van der Waals surface area contributed by atoms with E-state index in [4.69, 9.17) is 26.0 Å². The Hall–Kier alpha value is 0.180. The van der Waals surface area contributed by atoms with Crippen LogP contribution in [0.4, 0.5) is 0 Å². The molecule has 0 saturated carbocycles. The third-order valence-electron chi connectivity index (χ3n) is 0. The molecule has 0 atom stereocenters. The van der Waals surface area contributed by atoms with Crippen molar-refractivity contribution >= 4 is 19.9 Å². The molecule has 0 aliphatic carbocycles. The van der Waals surface area contributed by atoms with Crippen molar-refractivity contribution in [2.45, 2.75) is 0 Å². The predicted molar refractivity (Wildman–Crippen MR) is 29.5 cm³/mol. The molecule has 0 aromatic heterocycles. The van der Waals surface area contributed by atoms with Crippen molar-refractivity contribution in [1.82, 2.24) is 0 Å². The Labute approximate surface area is 47.2 Å². The summed E-state index contributed by atoms with van der Waals surface area (Å²) < 4.78 is 8.74. The van der Waals surface area contributed by atoms with Crippen LogP contribution in [0, 0.1) is 0 Å². The van der Waals surface area contributed by atoms with Crippen LogP contribution in [0.15, 0.2) is 12.1 Å². The lowest BCUT2D eigenvalue weighted by Gasteiger charge is -1.61. The van der Waals surface area contributed by atoms with Crippen molar-refractivity contribution in [3.05, 3.63) is 12.1 Å². The first-order chi connectivity index (χ1) is 3.15. The molecule has 2 N–H and O–H groups in total.